The molecule has 0 bridgehead atoms. The molecular weight excluding hydrogens is 319 g/mol. The SMILES string of the molecule is C=CCC(C)Nc1ccc([N+](=O)[O-])c(I)c1. The van der Waals surface area contributed by atoms with Gasteiger partial charge >= 0.3 is 0 Å². The van der Waals surface area contributed by atoms with Crippen LogP contribution in [0.15, 0.2) is 30.9 Å². The standard InChI is InChI=1S/C11H13IN2O2/c1-3-4-8(2)13-9-5-6-11(14(15)16)10(12)7-9/h3,5-8,13H,1,4H2,2H3. The quantitative estimate of drug-likeness (QED) is 0.388. The van der Waals surface area contributed by atoms with E-state index in [4.69, 9.17) is 0 Å². The Balaban J connectivity index is 2.81. The van der Waals surface area contributed by atoms with Gasteiger partial charge in [0.1, 0.15) is 0 Å². The highest BCUT2D eigenvalue weighted by Gasteiger charge is 2.11. The molecule has 0 radical (unpaired) electrons. The number of hydrogen-bond acceptors (Lipinski definition) is 3. The lowest BCUT2D eigenvalue weighted by Crippen LogP contribution is -2.13. The maximum atomic E-state index is 10.6. The van der Waals surface area contributed by atoms with Gasteiger partial charge in [-0.3, -0.25) is 10.1 Å². The lowest BCUT2D eigenvalue weighted by molar-refractivity contribution is -0.385. The number of hydrogen-bond donors (Lipinski definition) is 1. The van der Waals surface area contributed by atoms with Crippen molar-refractivity contribution in [1.82, 2.24) is 0 Å². The normalized spacial score (nSPS) is 11.9. The summed E-state index contributed by atoms with van der Waals surface area (Å²) in [6.07, 6.45) is 2.70. The first-order chi connectivity index (χ1) is 7.54. The number of halogens is 1. The summed E-state index contributed by atoms with van der Waals surface area (Å²) in [5.41, 5.74) is 1.03. The van der Waals surface area contributed by atoms with E-state index in [1.54, 1.807) is 12.1 Å². The lowest BCUT2D eigenvalue weighted by Gasteiger charge is -2.13. The first kappa shape index (κ1) is 13.0. The summed E-state index contributed by atoms with van der Waals surface area (Å²) in [5, 5.41) is 13.9. The average molecular weight is 332 g/mol. The monoisotopic (exact) mass is 332 g/mol. The van der Waals surface area contributed by atoms with E-state index in [0.29, 0.717) is 3.57 Å². The average Bonchev–Trinajstić information content (AvgIpc) is 2.17. The largest absolute Gasteiger partial charge is 0.382 e. The highest BCUT2D eigenvalue weighted by Crippen LogP contribution is 2.24. The lowest BCUT2D eigenvalue weighted by atomic mass is 10.2. The molecule has 0 aliphatic carbocycles. The fourth-order valence-corrected chi connectivity index (χ4v) is 2.05. The van der Waals surface area contributed by atoms with Crippen LogP contribution in [0.5, 0.6) is 0 Å². The summed E-state index contributed by atoms with van der Waals surface area (Å²) in [6, 6.07) is 5.29. The van der Waals surface area contributed by atoms with Gasteiger partial charge in [-0.25, -0.2) is 0 Å². The van der Waals surface area contributed by atoms with E-state index in [0.717, 1.165) is 12.1 Å². The van der Waals surface area contributed by atoms with Crippen LogP contribution in [0, 0.1) is 13.7 Å². The molecule has 0 amide bonds. The van der Waals surface area contributed by atoms with Crippen LogP contribution in [-0.2, 0) is 0 Å². The Labute approximate surface area is 108 Å². The van der Waals surface area contributed by atoms with Gasteiger partial charge < -0.3 is 5.32 Å². The second-order valence-electron chi connectivity index (χ2n) is 3.49. The molecule has 4 nitrogen and oxygen atoms in total. The third kappa shape index (κ3) is 3.48. The van der Waals surface area contributed by atoms with Crippen molar-refractivity contribution in [3.63, 3.8) is 0 Å². The fraction of sp³-hybridized carbons (Fsp3) is 0.273. The number of nitrogens with zero attached hydrogens (tertiary/aromatic N) is 1. The van der Waals surface area contributed by atoms with E-state index in [1.165, 1.54) is 6.07 Å². The van der Waals surface area contributed by atoms with E-state index in [-0.39, 0.29) is 16.7 Å². The highest BCUT2D eigenvalue weighted by atomic mass is 127. The number of anilines is 1. The molecule has 0 spiro atoms. The Bertz CT molecular complexity index is 407. The highest BCUT2D eigenvalue weighted by molar-refractivity contribution is 14.1. The summed E-state index contributed by atoms with van der Waals surface area (Å²) >= 11 is 1.97. The van der Waals surface area contributed by atoms with Crippen molar-refractivity contribution in [2.24, 2.45) is 0 Å². The van der Waals surface area contributed by atoms with Crippen molar-refractivity contribution in [2.75, 3.05) is 5.32 Å². The second kappa shape index (κ2) is 5.83. The van der Waals surface area contributed by atoms with Gasteiger partial charge in [-0.2, -0.15) is 0 Å². The zero-order chi connectivity index (χ0) is 12.1. The first-order valence-corrected chi connectivity index (χ1v) is 5.94. The molecule has 0 fully saturated rings. The Morgan fingerprint density at radius 1 is 1.69 bits per heavy atom. The van der Waals surface area contributed by atoms with Gasteiger partial charge in [0, 0.05) is 17.8 Å². The molecule has 0 saturated carbocycles. The van der Waals surface area contributed by atoms with E-state index >= 15 is 0 Å². The maximum Gasteiger partial charge on any atom is 0.282 e. The van der Waals surface area contributed by atoms with Gasteiger partial charge in [0.15, 0.2) is 0 Å². The molecule has 0 aliphatic rings. The van der Waals surface area contributed by atoms with Crippen LogP contribution in [0.2, 0.25) is 0 Å². The number of nitrogens with one attached hydrogen (secondary N) is 1. The molecule has 16 heavy (non-hydrogen) atoms. The minimum Gasteiger partial charge on any atom is -0.382 e. The van der Waals surface area contributed by atoms with Crippen LogP contribution in [0.25, 0.3) is 0 Å². The minimum absolute atomic E-state index is 0.141. The number of nitro groups is 1. The maximum absolute atomic E-state index is 10.6. The van der Waals surface area contributed by atoms with E-state index in [2.05, 4.69) is 11.9 Å². The summed E-state index contributed by atoms with van der Waals surface area (Å²) in [5.74, 6) is 0. The van der Waals surface area contributed by atoms with E-state index < -0.39 is 0 Å². The minimum atomic E-state index is -0.376. The molecular formula is C11H13IN2O2. The molecule has 1 rings (SSSR count). The zero-order valence-electron chi connectivity index (χ0n) is 8.94. The molecule has 1 atom stereocenters. The van der Waals surface area contributed by atoms with Crippen LogP contribution in [0.3, 0.4) is 0 Å². The third-order valence-corrected chi connectivity index (χ3v) is 2.94. The summed E-state index contributed by atoms with van der Waals surface area (Å²) < 4.78 is 0.637. The van der Waals surface area contributed by atoms with Crippen molar-refractivity contribution in [3.05, 3.63) is 44.5 Å². The van der Waals surface area contributed by atoms with Crippen LogP contribution in [0.1, 0.15) is 13.3 Å². The molecule has 1 aromatic rings. The molecule has 1 unspecified atom stereocenters. The van der Waals surface area contributed by atoms with Gasteiger partial charge in [-0.15, -0.1) is 6.58 Å². The Morgan fingerprint density at radius 2 is 2.38 bits per heavy atom. The van der Waals surface area contributed by atoms with Gasteiger partial charge in [0.05, 0.1) is 8.49 Å². The fourth-order valence-electron chi connectivity index (χ4n) is 1.34. The Kier molecular flexibility index (Phi) is 4.72. The van der Waals surface area contributed by atoms with Gasteiger partial charge in [-0.05, 0) is 48.1 Å². The van der Waals surface area contributed by atoms with Crippen molar-refractivity contribution >= 4 is 34.0 Å². The third-order valence-electron chi connectivity index (χ3n) is 2.08. The van der Waals surface area contributed by atoms with Crippen LogP contribution in [0.4, 0.5) is 11.4 Å². The predicted octanol–water partition coefficient (Wildman–Crippen LogP) is 3.58. The molecule has 0 heterocycles. The van der Waals surface area contributed by atoms with Crippen molar-refractivity contribution in [3.8, 4) is 0 Å². The van der Waals surface area contributed by atoms with Crippen molar-refractivity contribution in [1.29, 1.82) is 0 Å². The zero-order valence-corrected chi connectivity index (χ0v) is 11.1. The van der Waals surface area contributed by atoms with E-state index in [1.807, 2.05) is 35.6 Å². The predicted molar refractivity (Wildman–Crippen MR) is 73.7 cm³/mol. The second-order valence-corrected chi connectivity index (χ2v) is 4.66. The topological polar surface area (TPSA) is 55.2 Å². The Hall–Kier alpha value is -1.11. The molecule has 1 N–H and O–H groups in total. The molecule has 0 aromatic heterocycles. The molecule has 0 aliphatic heterocycles. The van der Waals surface area contributed by atoms with Crippen LogP contribution in [-0.4, -0.2) is 11.0 Å². The number of rotatable bonds is 5. The molecule has 86 valence electrons. The summed E-state index contributed by atoms with van der Waals surface area (Å²) in [7, 11) is 0. The van der Waals surface area contributed by atoms with Gasteiger partial charge in [-0.1, -0.05) is 6.08 Å². The van der Waals surface area contributed by atoms with E-state index in [9.17, 15) is 10.1 Å². The smallest absolute Gasteiger partial charge is 0.282 e. The van der Waals surface area contributed by atoms with Crippen molar-refractivity contribution in [2.45, 2.75) is 19.4 Å². The molecule has 5 heteroatoms. The Morgan fingerprint density at radius 3 is 2.88 bits per heavy atom. The van der Waals surface area contributed by atoms with Gasteiger partial charge in [0.25, 0.3) is 5.69 Å². The van der Waals surface area contributed by atoms with Gasteiger partial charge in [0.2, 0.25) is 0 Å². The summed E-state index contributed by atoms with van der Waals surface area (Å²) in [6.45, 7) is 5.70. The first-order valence-electron chi connectivity index (χ1n) is 4.86. The molecule has 1 aromatic carbocycles. The van der Waals surface area contributed by atoms with Crippen molar-refractivity contribution < 1.29 is 4.92 Å². The van der Waals surface area contributed by atoms with Crippen LogP contribution < -0.4 is 5.32 Å². The summed E-state index contributed by atoms with van der Waals surface area (Å²) in [4.78, 5) is 10.2. The molecule has 0 saturated heterocycles. The van der Waals surface area contributed by atoms with Crippen LogP contribution >= 0.6 is 22.6 Å². The number of nitro benzene ring substituents is 1. The number of benzene rings is 1.